The number of carbonyl (C=O) groups excluding carboxylic acids is 2. The summed E-state index contributed by atoms with van der Waals surface area (Å²) in [5.74, 6) is 0.605. The lowest BCUT2D eigenvalue weighted by Gasteiger charge is -2.45. The molecule has 0 radical (unpaired) electrons. The van der Waals surface area contributed by atoms with E-state index in [9.17, 15) is 14.9 Å². The summed E-state index contributed by atoms with van der Waals surface area (Å²) in [4.78, 5) is 29.3. The zero-order valence-electron chi connectivity index (χ0n) is 16.2. The summed E-state index contributed by atoms with van der Waals surface area (Å²) in [6.07, 6.45) is 3.22. The van der Waals surface area contributed by atoms with E-state index in [2.05, 4.69) is 30.2 Å². The third-order valence-corrected chi connectivity index (χ3v) is 5.84. The predicted molar refractivity (Wildman–Crippen MR) is 106 cm³/mol. The van der Waals surface area contributed by atoms with Gasteiger partial charge in [0.05, 0.1) is 16.5 Å². The van der Waals surface area contributed by atoms with Crippen molar-refractivity contribution in [1.29, 1.82) is 5.26 Å². The number of anilines is 1. The SMILES string of the molecule is CC1(C)CC(=O)C2=C(C1)Nc1ncc(C=O)c(C#N)c1C2(C)c1ccccc1. The topological polar surface area (TPSA) is 82.8 Å². The number of nitrogens with zero attached hydrogens (tertiary/aromatic N) is 2. The number of aromatic nitrogens is 1. The first-order valence-electron chi connectivity index (χ1n) is 9.30. The van der Waals surface area contributed by atoms with E-state index in [1.165, 1.54) is 6.20 Å². The molecule has 2 heterocycles. The van der Waals surface area contributed by atoms with Gasteiger partial charge in [0.1, 0.15) is 11.9 Å². The maximum atomic E-state index is 13.3. The van der Waals surface area contributed by atoms with Gasteiger partial charge in [-0.3, -0.25) is 9.59 Å². The quantitative estimate of drug-likeness (QED) is 0.802. The fraction of sp³-hybridized carbons (Fsp3) is 0.304. The number of nitrogens with one attached hydrogen (secondary N) is 1. The van der Waals surface area contributed by atoms with Crippen LogP contribution >= 0.6 is 0 Å². The second-order valence-corrected chi connectivity index (χ2v) is 8.45. The van der Waals surface area contributed by atoms with E-state index in [0.717, 1.165) is 17.7 Å². The van der Waals surface area contributed by atoms with Crippen LogP contribution in [0.1, 0.15) is 60.7 Å². The maximum absolute atomic E-state index is 13.3. The number of carbonyl (C=O) groups is 2. The summed E-state index contributed by atoms with van der Waals surface area (Å²) < 4.78 is 0. The molecule has 140 valence electrons. The van der Waals surface area contributed by atoms with E-state index in [-0.39, 0.29) is 22.3 Å². The van der Waals surface area contributed by atoms with Crippen LogP contribution in [0.3, 0.4) is 0 Å². The van der Waals surface area contributed by atoms with Gasteiger partial charge in [-0.25, -0.2) is 4.98 Å². The number of nitriles is 1. The highest BCUT2D eigenvalue weighted by atomic mass is 16.1. The van der Waals surface area contributed by atoms with Gasteiger partial charge in [0, 0.05) is 29.5 Å². The molecule has 0 saturated carbocycles. The van der Waals surface area contributed by atoms with Gasteiger partial charge in [-0.05, 0) is 24.3 Å². The Kier molecular flexibility index (Phi) is 3.97. The Labute approximate surface area is 164 Å². The Hall–Kier alpha value is -3.26. The van der Waals surface area contributed by atoms with Crippen molar-refractivity contribution in [2.45, 2.75) is 39.0 Å². The minimum atomic E-state index is -0.859. The van der Waals surface area contributed by atoms with E-state index in [1.807, 2.05) is 37.3 Å². The minimum absolute atomic E-state index is 0.0659. The fourth-order valence-electron chi connectivity index (χ4n) is 4.65. The van der Waals surface area contributed by atoms with E-state index in [1.54, 1.807) is 0 Å². The Balaban J connectivity index is 2.11. The van der Waals surface area contributed by atoms with E-state index in [0.29, 0.717) is 29.7 Å². The summed E-state index contributed by atoms with van der Waals surface area (Å²) >= 11 is 0. The lowest BCUT2D eigenvalue weighted by Crippen LogP contribution is -2.43. The van der Waals surface area contributed by atoms with Crippen LogP contribution in [0.4, 0.5) is 5.82 Å². The summed E-state index contributed by atoms with van der Waals surface area (Å²) in [6.45, 7) is 6.12. The minimum Gasteiger partial charge on any atom is -0.343 e. The van der Waals surface area contributed by atoms with Gasteiger partial charge in [0.2, 0.25) is 0 Å². The Morgan fingerprint density at radius 3 is 2.54 bits per heavy atom. The fourth-order valence-corrected chi connectivity index (χ4v) is 4.65. The van der Waals surface area contributed by atoms with E-state index in [4.69, 9.17) is 0 Å². The molecule has 5 nitrogen and oxygen atoms in total. The van der Waals surface area contributed by atoms with Crippen LogP contribution < -0.4 is 5.32 Å². The summed E-state index contributed by atoms with van der Waals surface area (Å²) in [6, 6.07) is 11.9. The summed E-state index contributed by atoms with van der Waals surface area (Å²) in [5.41, 5.74) is 2.51. The number of rotatable bonds is 2. The van der Waals surface area contributed by atoms with Gasteiger partial charge in [0.15, 0.2) is 12.1 Å². The number of benzene rings is 1. The van der Waals surface area contributed by atoms with Crippen molar-refractivity contribution < 1.29 is 9.59 Å². The van der Waals surface area contributed by atoms with Crippen LogP contribution in [0.5, 0.6) is 0 Å². The second-order valence-electron chi connectivity index (χ2n) is 8.45. The lowest BCUT2D eigenvalue weighted by molar-refractivity contribution is -0.118. The molecule has 0 amide bonds. The molecule has 0 spiro atoms. The van der Waals surface area contributed by atoms with Gasteiger partial charge >= 0.3 is 0 Å². The molecule has 0 saturated heterocycles. The van der Waals surface area contributed by atoms with Gasteiger partial charge < -0.3 is 5.32 Å². The van der Waals surface area contributed by atoms with E-state index < -0.39 is 5.41 Å². The first-order chi connectivity index (χ1) is 13.3. The van der Waals surface area contributed by atoms with E-state index >= 15 is 0 Å². The highest BCUT2D eigenvalue weighted by Crippen LogP contribution is 2.53. The number of hydrogen-bond acceptors (Lipinski definition) is 5. The van der Waals surface area contributed by atoms with Gasteiger partial charge in [-0.2, -0.15) is 5.26 Å². The summed E-state index contributed by atoms with van der Waals surface area (Å²) in [5, 5.41) is 13.2. The predicted octanol–water partition coefficient (Wildman–Crippen LogP) is 4.14. The second kappa shape index (κ2) is 6.13. The highest BCUT2D eigenvalue weighted by Gasteiger charge is 2.49. The van der Waals surface area contributed by atoms with Crippen LogP contribution in [-0.2, 0) is 10.2 Å². The molecule has 2 aliphatic rings. The normalized spacial score (nSPS) is 22.6. The van der Waals surface area contributed by atoms with Crippen LogP contribution in [0.15, 0.2) is 47.8 Å². The number of hydrogen-bond donors (Lipinski definition) is 1. The molecule has 1 N–H and O–H groups in total. The smallest absolute Gasteiger partial charge is 0.162 e. The van der Waals surface area contributed by atoms with Crippen molar-refractivity contribution in [2.75, 3.05) is 5.32 Å². The standard InChI is InChI=1S/C23H21N3O2/c1-22(2)9-17-20(18(28)10-22)23(3,15-7-5-4-6-8-15)19-16(11-24)14(13-27)12-25-21(19)26-17/h4-8,12-13H,9-10H2,1-3H3,(H,25,26). The maximum Gasteiger partial charge on any atom is 0.162 e. The van der Waals surface area contributed by atoms with Gasteiger partial charge in [-0.1, -0.05) is 44.2 Å². The molecule has 1 aromatic heterocycles. The molecule has 1 aliphatic heterocycles. The van der Waals surface area contributed by atoms with Gasteiger partial charge in [0.25, 0.3) is 0 Å². The number of aldehydes is 1. The van der Waals surface area contributed by atoms with Crippen LogP contribution in [-0.4, -0.2) is 17.1 Å². The number of pyridine rings is 1. The van der Waals surface area contributed by atoms with Crippen molar-refractivity contribution in [3.05, 3.63) is 70.1 Å². The first-order valence-corrected chi connectivity index (χ1v) is 9.30. The van der Waals surface area contributed by atoms with Crippen molar-refractivity contribution >= 4 is 17.9 Å². The molecule has 28 heavy (non-hydrogen) atoms. The molecule has 5 heteroatoms. The summed E-state index contributed by atoms with van der Waals surface area (Å²) in [7, 11) is 0. The lowest BCUT2D eigenvalue weighted by atomic mass is 9.61. The molecule has 1 unspecified atom stereocenters. The van der Waals surface area contributed by atoms with Crippen molar-refractivity contribution in [2.24, 2.45) is 5.41 Å². The first kappa shape index (κ1) is 18.1. The largest absolute Gasteiger partial charge is 0.343 e. The molecule has 4 rings (SSSR count). The molecular formula is C23H21N3O2. The van der Waals surface area contributed by atoms with Crippen LogP contribution in [0.25, 0.3) is 0 Å². The zero-order chi connectivity index (χ0) is 20.1. The molecule has 1 aliphatic carbocycles. The Morgan fingerprint density at radius 2 is 1.89 bits per heavy atom. The van der Waals surface area contributed by atoms with Crippen molar-refractivity contribution in [3.63, 3.8) is 0 Å². The number of Topliss-reactive ketones (excluding diaryl/α,β-unsaturated/α-hetero) is 1. The molecule has 1 aromatic carbocycles. The Bertz CT molecular complexity index is 1080. The molecule has 1 atom stereocenters. The molecule has 0 fully saturated rings. The number of fused-ring (bicyclic) bond motifs is 1. The highest BCUT2D eigenvalue weighted by molar-refractivity contribution is 6.03. The number of ketones is 1. The van der Waals surface area contributed by atoms with Crippen LogP contribution in [0.2, 0.25) is 0 Å². The zero-order valence-corrected chi connectivity index (χ0v) is 16.2. The van der Waals surface area contributed by atoms with Crippen LogP contribution in [0, 0.1) is 16.7 Å². The molecular weight excluding hydrogens is 350 g/mol. The van der Waals surface area contributed by atoms with Crippen molar-refractivity contribution in [3.8, 4) is 6.07 Å². The average molecular weight is 371 g/mol. The monoisotopic (exact) mass is 371 g/mol. The van der Waals surface area contributed by atoms with Gasteiger partial charge in [-0.15, -0.1) is 0 Å². The van der Waals surface area contributed by atoms with Crippen molar-refractivity contribution in [1.82, 2.24) is 4.98 Å². The third-order valence-electron chi connectivity index (χ3n) is 5.84. The Morgan fingerprint density at radius 1 is 1.18 bits per heavy atom. The average Bonchev–Trinajstić information content (AvgIpc) is 2.66. The molecule has 0 bridgehead atoms. The molecule has 2 aromatic rings. The number of allylic oxidation sites excluding steroid dienone is 2. The third kappa shape index (κ3) is 2.49.